The van der Waals surface area contributed by atoms with E-state index in [9.17, 15) is 9.90 Å². The van der Waals surface area contributed by atoms with E-state index in [2.05, 4.69) is 16.8 Å². The van der Waals surface area contributed by atoms with Crippen molar-refractivity contribution in [2.45, 2.75) is 25.4 Å². The Hall–Kier alpha value is -2.17. The molecule has 0 radical (unpaired) electrons. The topological polar surface area (TPSA) is 49.3 Å². The van der Waals surface area contributed by atoms with Crippen molar-refractivity contribution in [3.05, 3.63) is 70.4 Å². The first kappa shape index (κ1) is 16.7. The molecule has 0 spiro atoms. The van der Waals surface area contributed by atoms with Gasteiger partial charge in [-0.05, 0) is 46.7 Å². The molecule has 1 heterocycles. The van der Waals surface area contributed by atoms with E-state index in [1.165, 1.54) is 4.88 Å². The molecule has 1 aromatic heterocycles. The van der Waals surface area contributed by atoms with Crippen LogP contribution in [0.5, 0.6) is 0 Å². The average molecular weight is 339 g/mol. The molecule has 1 unspecified atom stereocenters. The number of rotatable bonds is 7. The highest BCUT2D eigenvalue weighted by molar-refractivity contribution is 7.09. The molecule has 1 amide bonds. The molecule has 3 aromatic rings. The Morgan fingerprint density at radius 1 is 1.08 bits per heavy atom. The normalized spacial score (nSPS) is 12.2. The molecule has 124 valence electrons. The summed E-state index contributed by atoms with van der Waals surface area (Å²) >= 11 is 1.72. The van der Waals surface area contributed by atoms with Crippen LogP contribution in [0.1, 0.15) is 29.4 Å². The highest BCUT2D eigenvalue weighted by Gasteiger charge is 2.10. The zero-order valence-electron chi connectivity index (χ0n) is 13.4. The SMILES string of the molecule is O=C(CCCc1cccs1)NCC(O)c1ccc2ccccc2c1. The second-order valence-electron chi connectivity index (χ2n) is 5.86. The first-order valence-electron chi connectivity index (χ1n) is 8.18. The van der Waals surface area contributed by atoms with E-state index in [0.29, 0.717) is 6.42 Å². The van der Waals surface area contributed by atoms with E-state index in [4.69, 9.17) is 0 Å². The number of amides is 1. The molecule has 0 bridgehead atoms. The Bertz CT molecular complexity index is 798. The molecule has 0 saturated carbocycles. The third kappa shape index (κ3) is 4.43. The minimum Gasteiger partial charge on any atom is -0.387 e. The molecule has 4 heteroatoms. The van der Waals surface area contributed by atoms with Gasteiger partial charge < -0.3 is 10.4 Å². The summed E-state index contributed by atoms with van der Waals surface area (Å²) in [5.41, 5.74) is 0.826. The lowest BCUT2D eigenvalue weighted by Gasteiger charge is -2.13. The Kier molecular flexibility index (Phi) is 5.62. The summed E-state index contributed by atoms with van der Waals surface area (Å²) in [6.07, 6.45) is 1.56. The van der Waals surface area contributed by atoms with Crippen molar-refractivity contribution in [3.63, 3.8) is 0 Å². The third-order valence-corrected chi connectivity index (χ3v) is 4.99. The summed E-state index contributed by atoms with van der Waals surface area (Å²) in [6.45, 7) is 0.246. The van der Waals surface area contributed by atoms with Crippen LogP contribution < -0.4 is 5.32 Å². The number of aliphatic hydroxyl groups is 1. The Morgan fingerprint density at radius 2 is 1.92 bits per heavy atom. The van der Waals surface area contributed by atoms with Gasteiger partial charge in [-0.25, -0.2) is 0 Å². The van der Waals surface area contributed by atoms with Gasteiger partial charge in [-0.2, -0.15) is 0 Å². The number of fused-ring (bicyclic) bond motifs is 1. The maximum atomic E-state index is 11.9. The fourth-order valence-corrected chi connectivity index (χ4v) is 3.46. The molecule has 3 rings (SSSR count). The number of thiophene rings is 1. The van der Waals surface area contributed by atoms with Gasteiger partial charge in [-0.3, -0.25) is 4.79 Å². The minimum atomic E-state index is -0.684. The zero-order chi connectivity index (χ0) is 16.8. The molecule has 3 nitrogen and oxygen atoms in total. The van der Waals surface area contributed by atoms with E-state index in [0.717, 1.165) is 29.2 Å². The van der Waals surface area contributed by atoms with E-state index in [-0.39, 0.29) is 12.5 Å². The fourth-order valence-electron chi connectivity index (χ4n) is 2.71. The van der Waals surface area contributed by atoms with Crippen LogP contribution >= 0.6 is 11.3 Å². The van der Waals surface area contributed by atoms with Gasteiger partial charge in [-0.15, -0.1) is 11.3 Å². The van der Waals surface area contributed by atoms with Gasteiger partial charge in [0.05, 0.1) is 6.10 Å². The Morgan fingerprint density at radius 3 is 2.71 bits per heavy atom. The largest absolute Gasteiger partial charge is 0.387 e. The van der Waals surface area contributed by atoms with E-state index >= 15 is 0 Å². The van der Waals surface area contributed by atoms with Crippen LogP contribution in [0.25, 0.3) is 10.8 Å². The summed E-state index contributed by atoms with van der Waals surface area (Å²) in [5.74, 6) is -0.00797. The van der Waals surface area contributed by atoms with Crippen LogP contribution in [0.15, 0.2) is 60.0 Å². The van der Waals surface area contributed by atoms with Crippen LogP contribution in [0.3, 0.4) is 0 Å². The van der Waals surface area contributed by atoms with Gasteiger partial charge in [0.1, 0.15) is 0 Å². The van der Waals surface area contributed by atoms with E-state index in [1.807, 2.05) is 48.5 Å². The molecule has 24 heavy (non-hydrogen) atoms. The lowest BCUT2D eigenvalue weighted by Crippen LogP contribution is -2.28. The summed E-state index contributed by atoms with van der Waals surface area (Å²) in [6, 6.07) is 18.0. The summed E-state index contributed by atoms with van der Waals surface area (Å²) in [5, 5.41) is 17.4. The number of benzene rings is 2. The van der Waals surface area contributed by atoms with Crippen molar-refractivity contribution in [1.29, 1.82) is 0 Å². The number of aliphatic hydroxyl groups excluding tert-OH is 1. The predicted octanol–water partition coefficient (Wildman–Crippen LogP) is 4.07. The molecule has 0 fully saturated rings. The number of hydrogen-bond donors (Lipinski definition) is 2. The minimum absolute atomic E-state index is 0.00797. The molecule has 0 aliphatic rings. The van der Waals surface area contributed by atoms with Crippen molar-refractivity contribution < 1.29 is 9.90 Å². The molecular weight excluding hydrogens is 318 g/mol. The van der Waals surface area contributed by atoms with Gasteiger partial charge in [0, 0.05) is 17.8 Å². The van der Waals surface area contributed by atoms with Crippen molar-refractivity contribution in [3.8, 4) is 0 Å². The van der Waals surface area contributed by atoms with Gasteiger partial charge in [0.25, 0.3) is 0 Å². The highest BCUT2D eigenvalue weighted by atomic mass is 32.1. The van der Waals surface area contributed by atoms with Crippen LogP contribution in [-0.4, -0.2) is 17.6 Å². The summed E-state index contributed by atoms with van der Waals surface area (Å²) in [4.78, 5) is 13.2. The van der Waals surface area contributed by atoms with Crippen LogP contribution in [0.4, 0.5) is 0 Å². The molecule has 0 aliphatic heterocycles. The average Bonchev–Trinajstić information content (AvgIpc) is 3.12. The van der Waals surface area contributed by atoms with Gasteiger partial charge in [0.2, 0.25) is 5.91 Å². The van der Waals surface area contributed by atoms with Crippen LogP contribution in [0, 0.1) is 0 Å². The van der Waals surface area contributed by atoms with Crippen molar-refractivity contribution in [2.75, 3.05) is 6.54 Å². The third-order valence-electron chi connectivity index (χ3n) is 4.06. The maximum Gasteiger partial charge on any atom is 0.220 e. The number of nitrogens with one attached hydrogen (secondary N) is 1. The second kappa shape index (κ2) is 8.08. The molecule has 0 saturated heterocycles. The molecular formula is C20H21NO2S. The molecule has 2 aromatic carbocycles. The lowest BCUT2D eigenvalue weighted by molar-refractivity contribution is -0.121. The lowest BCUT2D eigenvalue weighted by atomic mass is 10.0. The van der Waals surface area contributed by atoms with Gasteiger partial charge in [-0.1, -0.05) is 42.5 Å². The quantitative estimate of drug-likeness (QED) is 0.681. The first-order valence-corrected chi connectivity index (χ1v) is 9.06. The number of hydrogen-bond acceptors (Lipinski definition) is 3. The van der Waals surface area contributed by atoms with E-state index in [1.54, 1.807) is 11.3 Å². The van der Waals surface area contributed by atoms with Crippen molar-refractivity contribution >= 4 is 28.0 Å². The molecule has 0 aliphatic carbocycles. The fraction of sp³-hybridized carbons (Fsp3) is 0.250. The Labute approximate surface area is 146 Å². The van der Waals surface area contributed by atoms with Crippen molar-refractivity contribution in [2.24, 2.45) is 0 Å². The molecule has 1 atom stereocenters. The first-order chi connectivity index (χ1) is 11.7. The standard InChI is InChI=1S/C20H21NO2S/c22-19(17-11-10-15-5-1-2-6-16(15)13-17)14-21-20(23)9-3-7-18-8-4-12-24-18/h1-2,4-6,8,10-13,19,22H,3,7,9,14H2,(H,21,23). The smallest absolute Gasteiger partial charge is 0.220 e. The van der Waals surface area contributed by atoms with Crippen LogP contribution in [0.2, 0.25) is 0 Å². The zero-order valence-corrected chi connectivity index (χ0v) is 14.3. The predicted molar refractivity (Wildman–Crippen MR) is 99.2 cm³/mol. The van der Waals surface area contributed by atoms with Crippen molar-refractivity contribution in [1.82, 2.24) is 5.32 Å². The van der Waals surface area contributed by atoms with Crippen LogP contribution in [-0.2, 0) is 11.2 Å². The number of carbonyl (C=O) groups is 1. The summed E-state index contributed by atoms with van der Waals surface area (Å²) in [7, 11) is 0. The van der Waals surface area contributed by atoms with E-state index < -0.39 is 6.10 Å². The van der Waals surface area contributed by atoms with Gasteiger partial charge >= 0.3 is 0 Å². The number of aryl methyl sites for hydroxylation is 1. The monoisotopic (exact) mass is 339 g/mol. The maximum absolute atomic E-state index is 11.9. The highest BCUT2D eigenvalue weighted by Crippen LogP contribution is 2.20. The molecule has 2 N–H and O–H groups in total. The number of carbonyl (C=O) groups excluding carboxylic acids is 1. The Balaban J connectivity index is 1.47. The van der Waals surface area contributed by atoms with Gasteiger partial charge in [0.15, 0.2) is 0 Å². The second-order valence-corrected chi connectivity index (χ2v) is 6.89. The summed E-state index contributed by atoms with van der Waals surface area (Å²) < 4.78 is 0.